The first-order valence-corrected chi connectivity index (χ1v) is 4.45. The van der Waals surface area contributed by atoms with Gasteiger partial charge in [-0.25, -0.2) is 0 Å². The molecule has 1 rings (SSSR count). The highest BCUT2D eigenvalue weighted by atomic mass is 16.6. The number of carbonyl (C=O) groups is 1. The van der Waals surface area contributed by atoms with Crippen molar-refractivity contribution in [3.63, 3.8) is 0 Å². The first kappa shape index (κ1) is 9.95. The van der Waals surface area contributed by atoms with Gasteiger partial charge in [0.25, 0.3) is 0 Å². The maximum atomic E-state index is 11.2. The van der Waals surface area contributed by atoms with Crippen molar-refractivity contribution < 1.29 is 14.5 Å². The van der Waals surface area contributed by atoms with Gasteiger partial charge in [-0.15, -0.1) is 0 Å². The van der Waals surface area contributed by atoms with Crippen LogP contribution in [0.3, 0.4) is 0 Å². The lowest BCUT2D eigenvalue weighted by Crippen LogP contribution is -2.19. The van der Waals surface area contributed by atoms with E-state index in [-0.39, 0.29) is 16.8 Å². The van der Waals surface area contributed by atoms with Gasteiger partial charge in [0.15, 0.2) is 0 Å². The minimum atomic E-state index is -0.547. The van der Waals surface area contributed by atoms with Crippen LogP contribution in [0.25, 0.3) is 0 Å². The first-order valence-electron chi connectivity index (χ1n) is 4.45. The second kappa shape index (κ2) is 4.20. The number of esters is 1. The van der Waals surface area contributed by atoms with E-state index in [1.165, 1.54) is 0 Å². The Morgan fingerprint density at radius 1 is 1.62 bits per heavy atom. The molecule has 5 nitrogen and oxygen atoms in total. The van der Waals surface area contributed by atoms with Gasteiger partial charge in [0.1, 0.15) is 0 Å². The Balaban J connectivity index is 2.40. The normalized spacial score (nSPS) is 27.2. The van der Waals surface area contributed by atoms with Gasteiger partial charge >= 0.3 is 5.97 Å². The van der Waals surface area contributed by atoms with Crippen LogP contribution >= 0.6 is 0 Å². The van der Waals surface area contributed by atoms with Crippen molar-refractivity contribution in [3.8, 4) is 0 Å². The summed E-state index contributed by atoms with van der Waals surface area (Å²) in [6, 6.07) is -0.547. The second-order valence-corrected chi connectivity index (χ2v) is 3.20. The van der Waals surface area contributed by atoms with E-state index in [1.807, 2.05) is 0 Å². The van der Waals surface area contributed by atoms with Crippen molar-refractivity contribution in [2.24, 2.45) is 5.92 Å². The maximum absolute atomic E-state index is 11.2. The minimum absolute atomic E-state index is 0.254. The van der Waals surface area contributed by atoms with Gasteiger partial charge in [0.05, 0.1) is 12.5 Å². The lowest BCUT2D eigenvalue weighted by atomic mass is 10.1. The van der Waals surface area contributed by atoms with Gasteiger partial charge in [0, 0.05) is 17.8 Å². The minimum Gasteiger partial charge on any atom is -0.466 e. The van der Waals surface area contributed by atoms with Crippen LogP contribution in [0.5, 0.6) is 0 Å². The zero-order valence-corrected chi connectivity index (χ0v) is 7.56. The van der Waals surface area contributed by atoms with Crippen LogP contribution < -0.4 is 0 Å². The van der Waals surface area contributed by atoms with E-state index in [1.54, 1.807) is 6.92 Å². The van der Waals surface area contributed by atoms with Crippen LogP contribution in [0.2, 0.25) is 0 Å². The van der Waals surface area contributed by atoms with E-state index in [0.29, 0.717) is 25.9 Å². The van der Waals surface area contributed by atoms with Gasteiger partial charge in [-0.1, -0.05) is 0 Å². The highest BCUT2D eigenvalue weighted by molar-refractivity contribution is 5.72. The molecule has 0 N–H and O–H groups in total. The molecule has 1 aliphatic rings. The smallest absolute Gasteiger partial charge is 0.309 e. The lowest BCUT2D eigenvalue weighted by Gasteiger charge is -2.06. The van der Waals surface area contributed by atoms with Crippen molar-refractivity contribution in [1.82, 2.24) is 0 Å². The third-order valence-electron chi connectivity index (χ3n) is 2.32. The van der Waals surface area contributed by atoms with E-state index in [4.69, 9.17) is 4.74 Å². The van der Waals surface area contributed by atoms with E-state index >= 15 is 0 Å². The fraction of sp³-hybridized carbons (Fsp3) is 0.875. The number of hydrogen-bond donors (Lipinski definition) is 0. The van der Waals surface area contributed by atoms with Crippen LogP contribution in [0, 0.1) is 16.0 Å². The largest absolute Gasteiger partial charge is 0.466 e. The van der Waals surface area contributed by atoms with Gasteiger partial charge in [0.2, 0.25) is 6.04 Å². The summed E-state index contributed by atoms with van der Waals surface area (Å²) in [5, 5.41) is 10.4. The standard InChI is InChI=1S/C8H13NO4/c1-2-13-8(10)6-3-4-7(5-6)9(11)12/h6-7H,2-5H2,1H3. The fourth-order valence-electron chi connectivity index (χ4n) is 1.62. The third kappa shape index (κ3) is 2.40. The Labute approximate surface area is 76.2 Å². The SMILES string of the molecule is CCOC(=O)C1CCC([N+](=O)[O-])C1. The predicted molar refractivity (Wildman–Crippen MR) is 44.8 cm³/mol. The average molecular weight is 187 g/mol. The van der Waals surface area contributed by atoms with E-state index in [9.17, 15) is 14.9 Å². The molecule has 1 aliphatic carbocycles. The molecule has 74 valence electrons. The average Bonchev–Trinajstić information content (AvgIpc) is 2.52. The van der Waals surface area contributed by atoms with E-state index in [0.717, 1.165) is 0 Å². The number of ether oxygens (including phenoxy) is 1. The summed E-state index contributed by atoms with van der Waals surface area (Å²) in [5.74, 6) is -0.540. The third-order valence-corrected chi connectivity index (χ3v) is 2.32. The van der Waals surface area contributed by atoms with Crippen LogP contribution in [-0.4, -0.2) is 23.5 Å². The molecule has 1 fully saturated rings. The Morgan fingerprint density at radius 2 is 2.31 bits per heavy atom. The maximum Gasteiger partial charge on any atom is 0.309 e. The molecule has 1 saturated carbocycles. The van der Waals surface area contributed by atoms with Gasteiger partial charge in [-0.3, -0.25) is 14.9 Å². The molecule has 0 aliphatic heterocycles. The Kier molecular flexibility index (Phi) is 3.22. The molecular weight excluding hydrogens is 174 g/mol. The molecule has 5 heteroatoms. The summed E-state index contributed by atoms with van der Waals surface area (Å²) in [4.78, 5) is 21.2. The molecule has 0 heterocycles. The molecule has 0 radical (unpaired) electrons. The quantitative estimate of drug-likeness (QED) is 0.375. The second-order valence-electron chi connectivity index (χ2n) is 3.20. The fourth-order valence-corrected chi connectivity index (χ4v) is 1.62. The molecule has 2 unspecified atom stereocenters. The van der Waals surface area contributed by atoms with Crippen molar-refractivity contribution in [2.45, 2.75) is 32.2 Å². The van der Waals surface area contributed by atoms with E-state index in [2.05, 4.69) is 0 Å². The summed E-state index contributed by atoms with van der Waals surface area (Å²) in [6.45, 7) is 2.08. The molecule has 0 bridgehead atoms. The Hall–Kier alpha value is -1.13. The Morgan fingerprint density at radius 3 is 2.77 bits per heavy atom. The molecule has 2 atom stereocenters. The summed E-state index contributed by atoms with van der Waals surface area (Å²) in [7, 11) is 0. The topological polar surface area (TPSA) is 69.4 Å². The predicted octanol–water partition coefficient (Wildman–Crippen LogP) is 0.995. The highest BCUT2D eigenvalue weighted by Gasteiger charge is 2.37. The van der Waals surface area contributed by atoms with Crippen LogP contribution in [0.15, 0.2) is 0 Å². The van der Waals surface area contributed by atoms with Crippen LogP contribution in [0.4, 0.5) is 0 Å². The molecule has 13 heavy (non-hydrogen) atoms. The van der Waals surface area contributed by atoms with Crippen molar-refractivity contribution in [3.05, 3.63) is 10.1 Å². The van der Waals surface area contributed by atoms with Crippen LogP contribution in [-0.2, 0) is 9.53 Å². The number of nitro groups is 1. The molecule has 0 spiro atoms. The first-order chi connectivity index (χ1) is 6.15. The summed E-state index contributed by atoms with van der Waals surface area (Å²) in [5.41, 5.74) is 0. The number of hydrogen-bond acceptors (Lipinski definition) is 4. The van der Waals surface area contributed by atoms with Crippen molar-refractivity contribution in [2.75, 3.05) is 6.61 Å². The molecular formula is C8H13NO4. The lowest BCUT2D eigenvalue weighted by molar-refractivity contribution is -0.520. The summed E-state index contributed by atoms with van der Waals surface area (Å²) >= 11 is 0. The summed E-state index contributed by atoms with van der Waals surface area (Å²) < 4.78 is 4.79. The number of nitrogens with zero attached hydrogens (tertiary/aromatic N) is 1. The monoisotopic (exact) mass is 187 g/mol. The van der Waals surface area contributed by atoms with Gasteiger partial charge in [-0.2, -0.15) is 0 Å². The zero-order valence-electron chi connectivity index (χ0n) is 7.56. The Bertz CT molecular complexity index is 216. The number of carbonyl (C=O) groups excluding carboxylic acids is 1. The number of rotatable bonds is 3. The van der Waals surface area contributed by atoms with Crippen LogP contribution in [0.1, 0.15) is 26.2 Å². The van der Waals surface area contributed by atoms with Gasteiger partial charge in [-0.05, 0) is 13.3 Å². The van der Waals surface area contributed by atoms with E-state index < -0.39 is 6.04 Å². The molecule has 0 aromatic rings. The molecule has 0 saturated heterocycles. The highest BCUT2D eigenvalue weighted by Crippen LogP contribution is 2.28. The van der Waals surface area contributed by atoms with Crippen molar-refractivity contribution >= 4 is 5.97 Å². The molecule has 0 aromatic heterocycles. The molecule has 0 aromatic carbocycles. The summed E-state index contributed by atoms with van der Waals surface area (Å²) in [6.07, 6.45) is 1.42. The van der Waals surface area contributed by atoms with Crippen molar-refractivity contribution in [1.29, 1.82) is 0 Å². The zero-order chi connectivity index (χ0) is 9.84. The molecule has 0 amide bonds. The van der Waals surface area contributed by atoms with Gasteiger partial charge < -0.3 is 4.74 Å².